The zero-order valence-corrected chi connectivity index (χ0v) is 16.1. The average Bonchev–Trinajstić information content (AvgIpc) is 3.00. The summed E-state index contributed by atoms with van der Waals surface area (Å²) >= 11 is 1.66. The Balaban J connectivity index is 1.80. The van der Waals surface area contributed by atoms with E-state index in [2.05, 4.69) is 59.7 Å². The fourth-order valence-corrected chi connectivity index (χ4v) is 4.23. The van der Waals surface area contributed by atoms with E-state index in [0.717, 1.165) is 28.8 Å². The Labute approximate surface area is 142 Å². The third-order valence-electron chi connectivity index (χ3n) is 5.06. The van der Waals surface area contributed by atoms with Crippen molar-refractivity contribution in [1.29, 1.82) is 0 Å². The third-order valence-corrected chi connectivity index (χ3v) is 6.08. The summed E-state index contributed by atoms with van der Waals surface area (Å²) in [6, 6.07) is 0.456. The van der Waals surface area contributed by atoms with Crippen molar-refractivity contribution < 1.29 is 4.74 Å². The van der Waals surface area contributed by atoms with Gasteiger partial charge in [0, 0.05) is 30.5 Å². The quantitative estimate of drug-likeness (QED) is 0.853. The second-order valence-corrected chi connectivity index (χ2v) is 9.05. The minimum atomic E-state index is 0.0557. The largest absolute Gasteiger partial charge is 0.378 e. The SMILES string of the molecule is CCO[C@@H]1C[C@H](N(C)c2nn3cc(C(C)(C)C)nc3s2)C1(C)C. The molecule has 2 aromatic rings. The lowest BCUT2D eigenvalue weighted by Crippen LogP contribution is -2.61. The van der Waals surface area contributed by atoms with E-state index < -0.39 is 0 Å². The predicted octanol–water partition coefficient (Wildman–Crippen LogP) is 3.73. The van der Waals surface area contributed by atoms with Crippen LogP contribution in [0.5, 0.6) is 0 Å². The molecule has 0 N–H and O–H groups in total. The van der Waals surface area contributed by atoms with Crippen molar-refractivity contribution in [3.05, 3.63) is 11.9 Å². The molecular formula is C17H28N4OS. The molecule has 0 spiro atoms. The van der Waals surface area contributed by atoms with Gasteiger partial charge < -0.3 is 9.64 Å². The summed E-state index contributed by atoms with van der Waals surface area (Å²) in [5.74, 6) is 0. The first-order valence-electron chi connectivity index (χ1n) is 8.35. The van der Waals surface area contributed by atoms with Crippen LogP contribution in [0.15, 0.2) is 6.20 Å². The number of hydrogen-bond donors (Lipinski definition) is 0. The molecule has 0 bridgehead atoms. The summed E-state index contributed by atoms with van der Waals surface area (Å²) in [6.45, 7) is 14.0. The molecule has 0 amide bonds. The first-order chi connectivity index (χ1) is 10.6. The lowest BCUT2D eigenvalue weighted by molar-refractivity contribution is -0.104. The van der Waals surface area contributed by atoms with Crippen molar-refractivity contribution in [1.82, 2.24) is 14.6 Å². The fraction of sp³-hybridized carbons (Fsp3) is 0.765. The summed E-state index contributed by atoms with van der Waals surface area (Å²) in [7, 11) is 2.14. The van der Waals surface area contributed by atoms with Gasteiger partial charge in [-0.05, 0) is 13.3 Å². The number of fused-ring (bicyclic) bond motifs is 1. The molecule has 2 heterocycles. The zero-order chi connectivity index (χ0) is 17.0. The van der Waals surface area contributed by atoms with Crippen LogP contribution >= 0.6 is 11.3 Å². The van der Waals surface area contributed by atoms with E-state index in [9.17, 15) is 0 Å². The van der Waals surface area contributed by atoms with E-state index in [-0.39, 0.29) is 10.8 Å². The summed E-state index contributed by atoms with van der Waals surface area (Å²) in [4.78, 5) is 8.00. The minimum absolute atomic E-state index is 0.0557. The Morgan fingerprint density at radius 2 is 2.13 bits per heavy atom. The lowest BCUT2D eigenvalue weighted by atomic mass is 9.64. The van der Waals surface area contributed by atoms with Crippen molar-refractivity contribution in [2.45, 2.75) is 65.5 Å². The van der Waals surface area contributed by atoms with E-state index in [4.69, 9.17) is 14.8 Å². The van der Waals surface area contributed by atoms with Gasteiger partial charge in [0.15, 0.2) is 0 Å². The van der Waals surface area contributed by atoms with Crippen LogP contribution in [0.25, 0.3) is 4.96 Å². The van der Waals surface area contributed by atoms with E-state index in [1.807, 2.05) is 4.52 Å². The van der Waals surface area contributed by atoms with Crippen molar-refractivity contribution in [2.75, 3.05) is 18.6 Å². The number of rotatable bonds is 4. The normalized spacial score (nSPS) is 24.0. The van der Waals surface area contributed by atoms with Crippen LogP contribution in [0.4, 0.5) is 5.13 Å². The topological polar surface area (TPSA) is 42.7 Å². The van der Waals surface area contributed by atoms with Gasteiger partial charge in [-0.2, -0.15) is 0 Å². The Hall–Kier alpha value is -1.14. The van der Waals surface area contributed by atoms with E-state index >= 15 is 0 Å². The maximum Gasteiger partial charge on any atom is 0.214 e. The minimum Gasteiger partial charge on any atom is -0.378 e. The summed E-state index contributed by atoms with van der Waals surface area (Å²) < 4.78 is 7.76. The van der Waals surface area contributed by atoms with Gasteiger partial charge in [-0.15, -0.1) is 5.10 Å². The Morgan fingerprint density at radius 1 is 1.43 bits per heavy atom. The van der Waals surface area contributed by atoms with Gasteiger partial charge in [0.2, 0.25) is 10.1 Å². The summed E-state index contributed by atoms with van der Waals surface area (Å²) in [6.07, 6.45) is 3.46. The number of ether oxygens (including phenoxy) is 1. The molecule has 0 aliphatic heterocycles. The number of imidazole rings is 1. The molecule has 1 saturated carbocycles. The molecule has 0 unspecified atom stereocenters. The molecule has 2 atom stereocenters. The van der Waals surface area contributed by atoms with Crippen LogP contribution in [0, 0.1) is 5.41 Å². The zero-order valence-electron chi connectivity index (χ0n) is 15.3. The monoisotopic (exact) mass is 336 g/mol. The molecule has 0 saturated heterocycles. The van der Waals surface area contributed by atoms with Gasteiger partial charge in [0.25, 0.3) is 0 Å². The predicted molar refractivity (Wildman–Crippen MR) is 95.6 cm³/mol. The third kappa shape index (κ3) is 2.76. The highest BCUT2D eigenvalue weighted by atomic mass is 32.1. The number of hydrogen-bond acceptors (Lipinski definition) is 5. The Morgan fingerprint density at radius 3 is 2.65 bits per heavy atom. The van der Waals surface area contributed by atoms with Gasteiger partial charge in [-0.1, -0.05) is 46.0 Å². The van der Waals surface area contributed by atoms with Crippen molar-refractivity contribution in [3.8, 4) is 0 Å². The molecule has 1 fully saturated rings. The van der Waals surface area contributed by atoms with Crippen LogP contribution < -0.4 is 4.90 Å². The molecule has 1 aliphatic carbocycles. The highest BCUT2D eigenvalue weighted by Gasteiger charge is 2.51. The molecule has 2 aromatic heterocycles. The van der Waals surface area contributed by atoms with E-state index in [0.29, 0.717) is 12.1 Å². The molecule has 23 heavy (non-hydrogen) atoms. The van der Waals surface area contributed by atoms with Crippen LogP contribution in [0.3, 0.4) is 0 Å². The highest BCUT2D eigenvalue weighted by Crippen LogP contribution is 2.47. The molecule has 5 nitrogen and oxygen atoms in total. The van der Waals surface area contributed by atoms with E-state index in [1.54, 1.807) is 11.3 Å². The summed E-state index contributed by atoms with van der Waals surface area (Å²) in [5, 5.41) is 5.77. The van der Waals surface area contributed by atoms with E-state index in [1.165, 1.54) is 0 Å². The van der Waals surface area contributed by atoms with Crippen molar-refractivity contribution in [2.24, 2.45) is 5.41 Å². The van der Waals surface area contributed by atoms with Crippen LogP contribution in [0.1, 0.15) is 53.7 Å². The first-order valence-corrected chi connectivity index (χ1v) is 9.17. The van der Waals surface area contributed by atoms with Crippen LogP contribution in [-0.4, -0.2) is 40.4 Å². The number of anilines is 1. The highest BCUT2D eigenvalue weighted by molar-refractivity contribution is 7.20. The second kappa shape index (κ2) is 5.45. The molecule has 3 rings (SSSR count). The molecule has 128 valence electrons. The second-order valence-electron chi connectivity index (χ2n) is 8.12. The first kappa shape index (κ1) is 16.7. The average molecular weight is 337 g/mol. The molecular weight excluding hydrogens is 308 g/mol. The molecule has 0 radical (unpaired) electrons. The standard InChI is InChI=1S/C17H28N4OS/c1-8-22-13-9-12(17(13,5)6)20(7)15-19-21-10-11(16(2,3)4)18-14(21)23-15/h10,12-13H,8-9H2,1-7H3/t12-,13+/m0/s1. The van der Waals surface area contributed by atoms with Gasteiger partial charge in [0.05, 0.1) is 18.0 Å². The van der Waals surface area contributed by atoms with Crippen molar-refractivity contribution in [3.63, 3.8) is 0 Å². The number of aromatic nitrogens is 3. The summed E-state index contributed by atoms with van der Waals surface area (Å²) in [5.41, 5.74) is 1.29. The van der Waals surface area contributed by atoms with Gasteiger partial charge >= 0.3 is 0 Å². The van der Waals surface area contributed by atoms with Crippen LogP contribution in [0.2, 0.25) is 0 Å². The maximum absolute atomic E-state index is 5.85. The Bertz CT molecular complexity index is 666. The smallest absolute Gasteiger partial charge is 0.214 e. The van der Waals surface area contributed by atoms with Gasteiger partial charge in [-0.25, -0.2) is 9.50 Å². The van der Waals surface area contributed by atoms with Gasteiger partial charge in [0.1, 0.15) is 0 Å². The lowest BCUT2D eigenvalue weighted by Gasteiger charge is -2.54. The molecule has 0 aromatic carbocycles. The molecule has 1 aliphatic rings. The van der Waals surface area contributed by atoms with Gasteiger partial charge in [-0.3, -0.25) is 0 Å². The number of nitrogens with zero attached hydrogens (tertiary/aromatic N) is 4. The fourth-order valence-electron chi connectivity index (χ4n) is 3.33. The van der Waals surface area contributed by atoms with Crippen LogP contribution in [-0.2, 0) is 10.2 Å². The maximum atomic E-state index is 5.85. The van der Waals surface area contributed by atoms with Crippen molar-refractivity contribution >= 4 is 21.4 Å². The molecule has 6 heteroatoms. The Kier molecular flexibility index (Phi) is 3.96.